The number of aryl methyl sites for hydroxylation is 2. The van der Waals surface area contributed by atoms with Crippen LogP contribution >= 0.6 is 0 Å². The monoisotopic (exact) mass is 404 g/mol. The molecule has 2 amide bonds. The number of piperazine rings is 1. The highest BCUT2D eigenvalue weighted by Crippen LogP contribution is 2.17. The van der Waals surface area contributed by atoms with Crippen LogP contribution in [-0.4, -0.2) is 57.3 Å². The van der Waals surface area contributed by atoms with Crippen molar-refractivity contribution in [2.45, 2.75) is 20.4 Å². The average molecular weight is 404 g/mol. The Bertz CT molecular complexity index is 1160. The predicted octanol–water partition coefficient (Wildman–Crippen LogP) is 2.32. The van der Waals surface area contributed by atoms with Crippen LogP contribution in [0.1, 0.15) is 33.3 Å². The summed E-state index contributed by atoms with van der Waals surface area (Å²) in [6.07, 6.45) is 0. The van der Waals surface area contributed by atoms with Gasteiger partial charge >= 0.3 is 0 Å². The molecule has 3 aromatic rings. The van der Waals surface area contributed by atoms with Crippen molar-refractivity contribution in [1.82, 2.24) is 19.4 Å². The van der Waals surface area contributed by atoms with Gasteiger partial charge in [-0.3, -0.25) is 14.4 Å². The van der Waals surface area contributed by atoms with Crippen molar-refractivity contribution in [3.63, 3.8) is 0 Å². The number of hydrogen-bond acceptors (Lipinski definition) is 4. The number of rotatable bonds is 3. The third kappa shape index (κ3) is 3.58. The van der Waals surface area contributed by atoms with E-state index in [2.05, 4.69) is 4.98 Å². The number of hydrogen-bond donors (Lipinski definition) is 0. The Labute approximate surface area is 174 Å². The molecule has 0 bridgehead atoms. The van der Waals surface area contributed by atoms with Crippen molar-refractivity contribution in [3.05, 3.63) is 75.7 Å². The molecule has 2 heterocycles. The van der Waals surface area contributed by atoms with E-state index in [9.17, 15) is 14.4 Å². The Kier molecular flexibility index (Phi) is 5.35. The first-order valence-electron chi connectivity index (χ1n) is 10.1. The van der Waals surface area contributed by atoms with E-state index in [4.69, 9.17) is 0 Å². The van der Waals surface area contributed by atoms with Crippen LogP contribution < -0.4 is 5.56 Å². The number of aromatic nitrogens is 2. The van der Waals surface area contributed by atoms with Gasteiger partial charge in [-0.15, -0.1) is 0 Å². The van der Waals surface area contributed by atoms with E-state index in [0.29, 0.717) is 55.1 Å². The first kappa shape index (κ1) is 19.8. The second kappa shape index (κ2) is 8.10. The number of nitrogens with zero attached hydrogens (tertiary/aromatic N) is 4. The van der Waals surface area contributed by atoms with E-state index in [1.54, 1.807) is 51.6 Å². The van der Waals surface area contributed by atoms with Crippen LogP contribution in [0.5, 0.6) is 0 Å². The third-order valence-electron chi connectivity index (χ3n) is 5.55. The molecule has 0 N–H and O–H groups in total. The lowest BCUT2D eigenvalue weighted by molar-refractivity contribution is 0.0535. The molecule has 154 valence electrons. The smallest absolute Gasteiger partial charge is 0.272 e. The van der Waals surface area contributed by atoms with Gasteiger partial charge in [0.2, 0.25) is 0 Å². The number of fused-ring (bicyclic) bond motifs is 1. The lowest BCUT2D eigenvalue weighted by Gasteiger charge is -2.35. The van der Waals surface area contributed by atoms with Crippen molar-refractivity contribution in [2.75, 3.05) is 26.2 Å². The summed E-state index contributed by atoms with van der Waals surface area (Å²) in [7, 11) is 0. The average Bonchev–Trinajstić information content (AvgIpc) is 2.79. The van der Waals surface area contributed by atoms with Gasteiger partial charge in [0.05, 0.1) is 11.0 Å². The fourth-order valence-electron chi connectivity index (χ4n) is 3.88. The van der Waals surface area contributed by atoms with Crippen molar-refractivity contribution in [1.29, 1.82) is 0 Å². The van der Waals surface area contributed by atoms with E-state index >= 15 is 0 Å². The molecule has 7 nitrogen and oxygen atoms in total. The molecule has 1 fully saturated rings. The van der Waals surface area contributed by atoms with Gasteiger partial charge in [0.25, 0.3) is 17.4 Å². The van der Waals surface area contributed by atoms with E-state index < -0.39 is 0 Å². The fourth-order valence-corrected chi connectivity index (χ4v) is 3.88. The number of carbonyl (C=O) groups is 2. The second-order valence-electron chi connectivity index (χ2n) is 7.40. The van der Waals surface area contributed by atoms with Crippen LogP contribution in [0.4, 0.5) is 0 Å². The Morgan fingerprint density at radius 2 is 1.50 bits per heavy atom. The van der Waals surface area contributed by atoms with Crippen LogP contribution in [0.15, 0.2) is 53.3 Å². The summed E-state index contributed by atoms with van der Waals surface area (Å²) in [6.45, 7) is 6.11. The fraction of sp³-hybridized carbons (Fsp3) is 0.304. The molecule has 1 saturated heterocycles. The Balaban J connectivity index is 1.50. The molecule has 7 heteroatoms. The second-order valence-corrected chi connectivity index (χ2v) is 7.40. The zero-order valence-corrected chi connectivity index (χ0v) is 17.2. The minimum Gasteiger partial charge on any atom is -0.335 e. The Morgan fingerprint density at radius 3 is 2.10 bits per heavy atom. The van der Waals surface area contributed by atoms with E-state index in [1.807, 2.05) is 25.1 Å². The number of benzene rings is 2. The highest BCUT2D eigenvalue weighted by atomic mass is 16.2. The van der Waals surface area contributed by atoms with Gasteiger partial charge in [0.15, 0.2) is 0 Å². The van der Waals surface area contributed by atoms with Gasteiger partial charge in [-0.2, -0.15) is 0 Å². The standard InChI is InChI=1S/C23H24N4O3/c1-3-27-20-10-9-18(15-19(20)24-16(2)21(27)28)23(30)26-13-11-25(12-14-26)22(29)17-7-5-4-6-8-17/h4-10,15H,3,11-14H2,1-2H3. The zero-order chi connectivity index (χ0) is 21.3. The molecule has 0 radical (unpaired) electrons. The molecule has 0 atom stereocenters. The largest absolute Gasteiger partial charge is 0.335 e. The summed E-state index contributed by atoms with van der Waals surface area (Å²) in [5.41, 5.74) is 2.87. The molecule has 2 aromatic carbocycles. The minimum absolute atomic E-state index is 0.00869. The van der Waals surface area contributed by atoms with E-state index in [-0.39, 0.29) is 17.4 Å². The lowest BCUT2D eigenvalue weighted by Crippen LogP contribution is -2.50. The van der Waals surface area contributed by atoms with Crippen LogP contribution in [0.2, 0.25) is 0 Å². The molecule has 0 spiro atoms. The SMILES string of the molecule is CCn1c(=O)c(C)nc2cc(C(=O)N3CCN(C(=O)c4ccccc4)CC3)ccc21. The normalized spacial score (nSPS) is 14.2. The maximum atomic E-state index is 13.0. The topological polar surface area (TPSA) is 75.5 Å². The molecule has 0 unspecified atom stereocenters. The van der Waals surface area contributed by atoms with Crippen LogP contribution in [0.25, 0.3) is 11.0 Å². The van der Waals surface area contributed by atoms with Crippen molar-refractivity contribution >= 4 is 22.8 Å². The Morgan fingerprint density at radius 1 is 0.900 bits per heavy atom. The summed E-state index contributed by atoms with van der Waals surface area (Å²) >= 11 is 0. The summed E-state index contributed by atoms with van der Waals surface area (Å²) < 4.78 is 1.67. The maximum Gasteiger partial charge on any atom is 0.272 e. The van der Waals surface area contributed by atoms with Crippen LogP contribution in [-0.2, 0) is 6.54 Å². The Hall–Kier alpha value is -3.48. The summed E-state index contributed by atoms with van der Waals surface area (Å²) in [5, 5.41) is 0. The first-order chi connectivity index (χ1) is 14.5. The molecular weight excluding hydrogens is 380 g/mol. The van der Waals surface area contributed by atoms with Crippen molar-refractivity contribution in [3.8, 4) is 0 Å². The van der Waals surface area contributed by atoms with Crippen LogP contribution in [0.3, 0.4) is 0 Å². The van der Waals surface area contributed by atoms with Gasteiger partial charge in [0.1, 0.15) is 5.69 Å². The van der Waals surface area contributed by atoms with Crippen molar-refractivity contribution < 1.29 is 9.59 Å². The van der Waals surface area contributed by atoms with Gasteiger partial charge < -0.3 is 14.4 Å². The van der Waals surface area contributed by atoms with Gasteiger partial charge in [-0.1, -0.05) is 18.2 Å². The van der Waals surface area contributed by atoms with E-state index in [0.717, 1.165) is 5.52 Å². The van der Waals surface area contributed by atoms with Gasteiger partial charge in [-0.05, 0) is 44.2 Å². The zero-order valence-electron chi connectivity index (χ0n) is 17.2. The van der Waals surface area contributed by atoms with Crippen molar-refractivity contribution in [2.24, 2.45) is 0 Å². The summed E-state index contributed by atoms with van der Waals surface area (Å²) in [5.74, 6) is -0.0944. The van der Waals surface area contributed by atoms with Gasteiger partial charge in [-0.25, -0.2) is 4.98 Å². The first-order valence-corrected chi connectivity index (χ1v) is 10.1. The molecular formula is C23H24N4O3. The molecule has 1 aliphatic heterocycles. The van der Waals surface area contributed by atoms with Gasteiger partial charge in [0, 0.05) is 43.9 Å². The third-order valence-corrected chi connectivity index (χ3v) is 5.55. The quantitative estimate of drug-likeness (QED) is 0.671. The highest BCUT2D eigenvalue weighted by molar-refractivity contribution is 5.98. The van der Waals surface area contributed by atoms with E-state index in [1.165, 1.54) is 0 Å². The summed E-state index contributed by atoms with van der Waals surface area (Å²) in [6, 6.07) is 14.5. The summed E-state index contributed by atoms with van der Waals surface area (Å²) in [4.78, 5) is 45.8. The van der Waals surface area contributed by atoms with Crippen LogP contribution in [0, 0.1) is 6.92 Å². The molecule has 0 saturated carbocycles. The minimum atomic E-state index is -0.108. The highest BCUT2D eigenvalue weighted by Gasteiger charge is 2.25. The molecule has 30 heavy (non-hydrogen) atoms. The molecule has 4 rings (SSSR count). The molecule has 0 aliphatic carbocycles. The predicted molar refractivity (Wildman–Crippen MR) is 115 cm³/mol. The number of amides is 2. The lowest BCUT2D eigenvalue weighted by atomic mass is 10.1. The molecule has 1 aromatic heterocycles. The number of carbonyl (C=O) groups excluding carboxylic acids is 2. The maximum absolute atomic E-state index is 13.0. The molecule has 1 aliphatic rings.